The number of ether oxygens (including phenoxy) is 2. The first kappa shape index (κ1) is 23.0. The van der Waals surface area contributed by atoms with Gasteiger partial charge in [0.1, 0.15) is 17.2 Å². The van der Waals surface area contributed by atoms with Crippen molar-refractivity contribution < 1.29 is 27.9 Å². The Labute approximate surface area is 183 Å². The average molecular weight is 446 g/mol. The van der Waals surface area contributed by atoms with Crippen LogP contribution in [-0.2, 0) is 9.63 Å². The van der Waals surface area contributed by atoms with E-state index in [1.165, 1.54) is 6.92 Å². The number of nitrogens with one attached hydrogen (secondary N) is 1. The lowest BCUT2D eigenvalue weighted by Crippen LogP contribution is -2.18. The molecule has 0 unspecified atom stereocenters. The number of fused-ring (bicyclic) bond motifs is 1. The van der Waals surface area contributed by atoms with Crippen molar-refractivity contribution in [2.24, 2.45) is 5.16 Å². The van der Waals surface area contributed by atoms with Gasteiger partial charge in [-0.1, -0.05) is 17.3 Å². The van der Waals surface area contributed by atoms with E-state index in [0.29, 0.717) is 35.9 Å². The molecule has 1 amide bonds. The van der Waals surface area contributed by atoms with Crippen molar-refractivity contribution in [1.29, 1.82) is 0 Å². The number of benzene rings is 2. The number of imidazole rings is 1. The van der Waals surface area contributed by atoms with Gasteiger partial charge in [0.25, 0.3) is 5.91 Å². The van der Waals surface area contributed by atoms with Crippen molar-refractivity contribution in [2.75, 3.05) is 25.1 Å². The maximum absolute atomic E-state index is 13.6. The molecule has 8 nitrogen and oxygen atoms in total. The van der Waals surface area contributed by atoms with Crippen LogP contribution in [0.2, 0.25) is 0 Å². The first-order valence-corrected chi connectivity index (χ1v) is 10.1. The van der Waals surface area contributed by atoms with Crippen molar-refractivity contribution in [3.63, 3.8) is 0 Å². The number of hydrogen-bond acceptors (Lipinski definition) is 6. The number of amides is 1. The summed E-state index contributed by atoms with van der Waals surface area (Å²) < 4.78 is 38.9. The molecule has 3 aromatic rings. The van der Waals surface area contributed by atoms with Gasteiger partial charge in [0.15, 0.2) is 12.4 Å². The summed E-state index contributed by atoms with van der Waals surface area (Å²) in [6.07, 6.45) is 0. The van der Waals surface area contributed by atoms with Crippen LogP contribution in [0, 0.1) is 0 Å². The van der Waals surface area contributed by atoms with Crippen LogP contribution in [0.3, 0.4) is 0 Å². The molecule has 0 saturated heterocycles. The summed E-state index contributed by atoms with van der Waals surface area (Å²) in [6.45, 7) is 2.82. The summed E-state index contributed by atoms with van der Waals surface area (Å²) in [4.78, 5) is 21.6. The number of carbonyl (C=O) groups excluding carboxylic acids is 1. The second kappa shape index (κ2) is 10.6. The van der Waals surface area contributed by atoms with Gasteiger partial charge >= 0.3 is 6.55 Å². The average Bonchev–Trinajstić information content (AvgIpc) is 3.16. The highest BCUT2D eigenvalue weighted by Crippen LogP contribution is 2.29. The molecule has 32 heavy (non-hydrogen) atoms. The lowest BCUT2D eigenvalue weighted by Gasteiger charge is -2.13. The van der Waals surface area contributed by atoms with Crippen LogP contribution < -0.4 is 14.8 Å². The van der Waals surface area contributed by atoms with E-state index in [0.717, 1.165) is 4.57 Å². The van der Waals surface area contributed by atoms with Crippen LogP contribution in [0.4, 0.5) is 14.5 Å². The molecule has 3 rings (SSSR count). The van der Waals surface area contributed by atoms with Gasteiger partial charge in [-0.15, -0.1) is 0 Å². The Balaban J connectivity index is 1.70. The summed E-state index contributed by atoms with van der Waals surface area (Å²) in [5.74, 6) is 0.518. The first-order chi connectivity index (χ1) is 15.4. The van der Waals surface area contributed by atoms with Crippen molar-refractivity contribution in [3.8, 4) is 11.5 Å². The fraction of sp³-hybridized carbons (Fsp3) is 0.318. The molecule has 0 bridgehead atoms. The van der Waals surface area contributed by atoms with Gasteiger partial charge in [-0.05, 0) is 45.0 Å². The Morgan fingerprint density at radius 1 is 1.16 bits per heavy atom. The van der Waals surface area contributed by atoms with E-state index in [1.54, 1.807) is 42.5 Å². The number of alkyl halides is 2. The number of halogens is 2. The largest absolute Gasteiger partial charge is 0.494 e. The van der Waals surface area contributed by atoms with E-state index >= 15 is 0 Å². The summed E-state index contributed by atoms with van der Waals surface area (Å²) in [7, 11) is 0. The topological polar surface area (TPSA) is 87.0 Å². The number of oxime groups is 1. The number of hydrogen-bond donors (Lipinski definition) is 1. The third-order valence-electron chi connectivity index (χ3n) is 4.35. The molecule has 0 aliphatic heterocycles. The summed E-state index contributed by atoms with van der Waals surface area (Å²) in [6, 6.07) is 11.6. The minimum absolute atomic E-state index is 0.0374. The maximum Gasteiger partial charge on any atom is 0.320 e. The zero-order chi connectivity index (χ0) is 23.1. The molecule has 0 atom stereocenters. The molecule has 0 fully saturated rings. The number of carbonyl (C=O) groups is 1. The number of aromatic nitrogens is 2. The van der Waals surface area contributed by atoms with Crippen molar-refractivity contribution in [3.05, 3.63) is 48.3 Å². The minimum atomic E-state index is -2.81. The van der Waals surface area contributed by atoms with E-state index in [1.807, 2.05) is 13.8 Å². The smallest absolute Gasteiger partial charge is 0.320 e. The fourth-order valence-corrected chi connectivity index (χ4v) is 3.06. The quantitative estimate of drug-likeness (QED) is 0.363. The summed E-state index contributed by atoms with van der Waals surface area (Å²) in [5.41, 5.74) is 1.23. The van der Waals surface area contributed by atoms with Crippen LogP contribution in [0.15, 0.2) is 47.6 Å². The van der Waals surface area contributed by atoms with E-state index in [9.17, 15) is 13.6 Å². The van der Waals surface area contributed by atoms with Crippen LogP contribution >= 0.6 is 0 Å². The predicted octanol–water partition coefficient (Wildman–Crippen LogP) is 4.61. The Kier molecular flexibility index (Phi) is 7.58. The molecular weight excluding hydrogens is 422 g/mol. The Morgan fingerprint density at radius 3 is 2.62 bits per heavy atom. The van der Waals surface area contributed by atoms with Gasteiger partial charge in [-0.3, -0.25) is 9.36 Å². The second-order valence-corrected chi connectivity index (χ2v) is 6.59. The number of rotatable bonds is 10. The lowest BCUT2D eigenvalue weighted by atomic mass is 10.2. The first-order valence-electron chi connectivity index (χ1n) is 10.1. The highest BCUT2D eigenvalue weighted by Gasteiger charge is 2.20. The second-order valence-electron chi connectivity index (χ2n) is 6.59. The third kappa shape index (κ3) is 5.32. The molecule has 0 saturated carbocycles. The van der Waals surface area contributed by atoms with Gasteiger partial charge in [0.2, 0.25) is 0 Å². The fourth-order valence-electron chi connectivity index (χ4n) is 3.06. The van der Waals surface area contributed by atoms with Crippen LogP contribution in [-0.4, -0.2) is 41.0 Å². The molecule has 1 N–H and O–H groups in total. The van der Waals surface area contributed by atoms with Crippen molar-refractivity contribution in [1.82, 2.24) is 9.55 Å². The van der Waals surface area contributed by atoms with Gasteiger partial charge in [0.05, 0.1) is 29.9 Å². The summed E-state index contributed by atoms with van der Waals surface area (Å²) >= 11 is 0. The molecular formula is C22H24F2N4O4. The Morgan fingerprint density at radius 2 is 1.91 bits per heavy atom. The van der Waals surface area contributed by atoms with Gasteiger partial charge in [-0.2, -0.15) is 8.78 Å². The molecule has 170 valence electrons. The van der Waals surface area contributed by atoms with E-state index < -0.39 is 19.1 Å². The van der Waals surface area contributed by atoms with Crippen molar-refractivity contribution in [2.45, 2.75) is 27.3 Å². The maximum atomic E-state index is 13.6. The number of anilines is 1. The highest BCUT2D eigenvalue weighted by atomic mass is 19.3. The zero-order valence-corrected chi connectivity index (χ0v) is 18.0. The normalized spacial score (nSPS) is 11.6. The van der Waals surface area contributed by atoms with Crippen LogP contribution in [0.5, 0.6) is 11.5 Å². The highest BCUT2D eigenvalue weighted by molar-refractivity contribution is 5.98. The molecule has 0 spiro atoms. The van der Waals surface area contributed by atoms with E-state index in [2.05, 4.69) is 15.5 Å². The van der Waals surface area contributed by atoms with Gasteiger partial charge in [-0.25, -0.2) is 4.98 Å². The Hall–Kier alpha value is -3.69. The lowest BCUT2D eigenvalue weighted by molar-refractivity contribution is -0.120. The SMILES string of the molecule is CCOc1ccc(OCC)c(NC(=O)CO/N=C(/C)c2nc3ccccc3n2C(F)F)c1. The van der Waals surface area contributed by atoms with Gasteiger partial charge in [0, 0.05) is 6.07 Å². The minimum Gasteiger partial charge on any atom is -0.494 e. The van der Waals surface area contributed by atoms with E-state index in [-0.39, 0.29) is 17.1 Å². The molecule has 10 heteroatoms. The number of nitrogens with zero attached hydrogens (tertiary/aromatic N) is 3. The van der Waals surface area contributed by atoms with E-state index in [4.69, 9.17) is 14.3 Å². The van der Waals surface area contributed by atoms with Crippen LogP contribution in [0.25, 0.3) is 11.0 Å². The number of para-hydroxylation sites is 2. The monoisotopic (exact) mass is 446 g/mol. The van der Waals surface area contributed by atoms with Crippen molar-refractivity contribution >= 4 is 28.3 Å². The molecule has 2 aromatic carbocycles. The third-order valence-corrected chi connectivity index (χ3v) is 4.35. The molecule has 0 aliphatic carbocycles. The molecule has 0 radical (unpaired) electrons. The predicted molar refractivity (Wildman–Crippen MR) is 117 cm³/mol. The molecule has 1 aromatic heterocycles. The summed E-state index contributed by atoms with van der Waals surface area (Å²) in [5, 5.41) is 6.48. The van der Waals surface area contributed by atoms with Crippen LogP contribution in [0.1, 0.15) is 33.1 Å². The molecule has 1 heterocycles. The zero-order valence-electron chi connectivity index (χ0n) is 18.0. The molecule has 0 aliphatic rings. The standard InChI is InChI=1S/C22H24F2N4O4/c1-4-30-15-10-11-19(31-5-2)17(12-15)25-20(29)13-32-27-14(3)21-26-16-8-6-7-9-18(16)28(21)22(23)24/h6-12,22H,4-5,13H2,1-3H3,(H,25,29)/b27-14-. The Bertz CT molecular complexity index is 1110. The van der Waals surface area contributed by atoms with Gasteiger partial charge < -0.3 is 19.6 Å².